The number of carbonyl (C=O) groups excluding carboxylic acids is 1. The van der Waals surface area contributed by atoms with Gasteiger partial charge in [-0.15, -0.1) is 0 Å². The van der Waals surface area contributed by atoms with E-state index < -0.39 is 17.7 Å². The molecule has 1 unspecified atom stereocenters. The van der Waals surface area contributed by atoms with Crippen LogP contribution in [0.1, 0.15) is 24.5 Å². The number of hydrogen-bond donors (Lipinski definition) is 2. The highest BCUT2D eigenvalue weighted by Gasteiger charge is 2.33. The Morgan fingerprint density at radius 1 is 1.35 bits per heavy atom. The number of carbonyl (C=O) groups is 1. The Labute approximate surface area is 116 Å². The van der Waals surface area contributed by atoms with Gasteiger partial charge in [-0.3, -0.25) is 4.79 Å². The van der Waals surface area contributed by atoms with Crippen molar-refractivity contribution in [2.24, 2.45) is 11.7 Å². The molecule has 0 radical (unpaired) electrons. The van der Waals surface area contributed by atoms with Crippen LogP contribution in [0.15, 0.2) is 24.3 Å². The van der Waals surface area contributed by atoms with Crippen LogP contribution >= 0.6 is 0 Å². The second-order valence-electron chi connectivity index (χ2n) is 4.58. The fourth-order valence-electron chi connectivity index (χ4n) is 1.92. The summed E-state index contributed by atoms with van der Waals surface area (Å²) in [5.74, 6) is -0.948. The van der Waals surface area contributed by atoms with Gasteiger partial charge in [-0.1, -0.05) is 25.1 Å². The number of halogens is 3. The van der Waals surface area contributed by atoms with Gasteiger partial charge < -0.3 is 11.1 Å². The molecule has 112 valence electrons. The summed E-state index contributed by atoms with van der Waals surface area (Å²) in [5, 5.41) is 2.66. The maximum absolute atomic E-state index is 12.9. The molecule has 1 atom stereocenters. The van der Waals surface area contributed by atoms with Crippen molar-refractivity contribution in [3.63, 3.8) is 0 Å². The van der Waals surface area contributed by atoms with Crippen LogP contribution in [0.25, 0.3) is 0 Å². The molecule has 0 aliphatic carbocycles. The second-order valence-corrected chi connectivity index (χ2v) is 4.58. The van der Waals surface area contributed by atoms with Gasteiger partial charge in [0, 0.05) is 13.1 Å². The highest BCUT2D eigenvalue weighted by Crippen LogP contribution is 2.32. The number of amides is 1. The van der Waals surface area contributed by atoms with Crippen LogP contribution in [0.2, 0.25) is 0 Å². The van der Waals surface area contributed by atoms with E-state index in [4.69, 9.17) is 5.73 Å². The van der Waals surface area contributed by atoms with E-state index in [-0.39, 0.29) is 24.4 Å². The molecule has 1 rings (SSSR count). The summed E-state index contributed by atoms with van der Waals surface area (Å²) in [4.78, 5) is 11.8. The van der Waals surface area contributed by atoms with Gasteiger partial charge in [-0.25, -0.2) is 0 Å². The van der Waals surface area contributed by atoms with E-state index >= 15 is 0 Å². The van der Waals surface area contributed by atoms with Crippen LogP contribution in [-0.2, 0) is 17.4 Å². The van der Waals surface area contributed by atoms with Crippen molar-refractivity contribution >= 4 is 5.91 Å². The molecule has 0 bridgehead atoms. The Morgan fingerprint density at radius 2 is 2.00 bits per heavy atom. The lowest BCUT2D eigenvalue weighted by molar-refractivity contribution is -0.138. The molecule has 1 amide bonds. The zero-order valence-electron chi connectivity index (χ0n) is 11.3. The summed E-state index contributed by atoms with van der Waals surface area (Å²) in [5.41, 5.74) is 4.90. The zero-order chi connectivity index (χ0) is 15.2. The number of nitrogens with two attached hydrogens (primary N) is 1. The summed E-state index contributed by atoms with van der Waals surface area (Å²) < 4.78 is 38.6. The lowest BCUT2D eigenvalue weighted by atomic mass is 9.94. The summed E-state index contributed by atoms with van der Waals surface area (Å²) >= 11 is 0. The van der Waals surface area contributed by atoms with Crippen molar-refractivity contribution in [3.8, 4) is 0 Å². The first kappa shape index (κ1) is 16.5. The number of benzene rings is 1. The number of hydrogen-bond acceptors (Lipinski definition) is 2. The van der Waals surface area contributed by atoms with Gasteiger partial charge in [0.15, 0.2) is 0 Å². The number of rotatable bonds is 6. The normalized spacial score (nSPS) is 13.1. The molecule has 1 aromatic carbocycles. The first-order chi connectivity index (χ1) is 9.40. The SMILES string of the molecule is CCCNC(=O)C(CN)Cc1ccccc1C(F)(F)F. The third kappa shape index (κ3) is 4.52. The minimum atomic E-state index is -4.42. The highest BCUT2D eigenvalue weighted by molar-refractivity contribution is 5.79. The Hall–Kier alpha value is -1.56. The average Bonchev–Trinajstić information content (AvgIpc) is 2.41. The predicted molar refractivity (Wildman–Crippen MR) is 71.0 cm³/mol. The standard InChI is InChI=1S/C14H19F3N2O/c1-2-7-19-13(20)11(9-18)8-10-5-3-4-6-12(10)14(15,16)17/h3-6,11H,2,7-9,18H2,1H3,(H,19,20). The molecule has 3 N–H and O–H groups in total. The summed E-state index contributed by atoms with van der Waals surface area (Å²) in [6.45, 7) is 2.41. The molecule has 0 aliphatic rings. The third-order valence-corrected chi connectivity index (χ3v) is 2.99. The Bertz CT molecular complexity index is 446. The monoisotopic (exact) mass is 288 g/mol. The fraction of sp³-hybridized carbons (Fsp3) is 0.500. The Morgan fingerprint density at radius 3 is 2.55 bits per heavy atom. The highest BCUT2D eigenvalue weighted by atomic mass is 19.4. The molecular weight excluding hydrogens is 269 g/mol. The molecule has 0 saturated carbocycles. The van der Waals surface area contributed by atoms with Crippen molar-refractivity contribution in [3.05, 3.63) is 35.4 Å². The minimum absolute atomic E-state index is 0.0122. The predicted octanol–water partition coefficient (Wildman–Crippen LogP) is 2.35. The molecule has 0 spiro atoms. The molecule has 0 saturated heterocycles. The third-order valence-electron chi connectivity index (χ3n) is 2.99. The molecule has 0 aromatic heterocycles. The first-order valence-electron chi connectivity index (χ1n) is 6.53. The largest absolute Gasteiger partial charge is 0.416 e. The lowest BCUT2D eigenvalue weighted by Crippen LogP contribution is -2.37. The van der Waals surface area contributed by atoms with Crippen LogP contribution in [0.3, 0.4) is 0 Å². The van der Waals surface area contributed by atoms with Gasteiger partial charge >= 0.3 is 6.18 Å². The molecule has 0 fully saturated rings. The van der Waals surface area contributed by atoms with Crippen LogP contribution < -0.4 is 11.1 Å². The van der Waals surface area contributed by atoms with Crippen LogP contribution in [0.4, 0.5) is 13.2 Å². The van der Waals surface area contributed by atoms with E-state index in [1.54, 1.807) is 0 Å². The van der Waals surface area contributed by atoms with Gasteiger partial charge in [-0.05, 0) is 24.5 Å². The number of nitrogens with one attached hydrogen (secondary N) is 1. The molecule has 3 nitrogen and oxygen atoms in total. The Balaban J connectivity index is 2.88. The number of alkyl halides is 3. The summed E-state index contributed by atoms with van der Waals surface area (Å²) in [6, 6.07) is 5.27. The van der Waals surface area contributed by atoms with Crippen molar-refractivity contribution in [1.82, 2.24) is 5.32 Å². The van der Waals surface area contributed by atoms with E-state index in [9.17, 15) is 18.0 Å². The Kier molecular flexibility index (Phi) is 6.01. The molecule has 0 aliphatic heterocycles. The topological polar surface area (TPSA) is 55.1 Å². The van der Waals surface area contributed by atoms with Crippen LogP contribution in [0.5, 0.6) is 0 Å². The van der Waals surface area contributed by atoms with Crippen LogP contribution in [0, 0.1) is 5.92 Å². The first-order valence-corrected chi connectivity index (χ1v) is 6.53. The van der Waals surface area contributed by atoms with Gasteiger partial charge in [0.05, 0.1) is 11.5 Å². The van der Waals surface area contributed by atoms with Gasteiger partial charge in [0.25, 0.3) is 0 Å². The minimum Gasteiger partial charge on any atom is -0.356 e. The van der Waals surface area contributed by atoms with E-state index in [0.29, 0.717) is 6.54 Å². The molecule has 1 aromatic rings. The quantitative estimate of drug-likeness (QED) is 0.844. The summed E-state index contributed by atoms with van der Waals surface area (Å²) in [7, 11) is 0. The van der Waals surface area contributed by atoms with Crippen molar-refractivity contribution < 1.29 is 18.0 Å². The molecular formula is C14H19F3N2O. The van der Waals surface area contributed by atoms with Gasteiger partial charge in [0.1, 0.15) is 0 Å². The van der Waals surface area contributed by atoms with Gasteiger partial charge in [-0.2, -0.15) is 13.2 Å². The molecule has 0 heterocycles. The maximum Gasteiger partial charge on any atom is 0.416 e. The summed E-state index contributed by atoms with van der Waals surface area (Å²) in [6.07, 6.45) is -3.67. The van der Waals surface area contributed by atoms with E-state index in [2.05, 4.69) is 5.32 Å². The zero-order valence-corrected chi connectivity index (χ0v) is 11.3. The van der Waals surface area contributed by atoms with Crippen molar-refractivity contribution in [2.75, 3.05) is 13.1 Å². The smallest absolute Gasteiger partial charge is 0.356 e. The second kappa shape index (κ2) is 7.28. The maximum atomic E-state index is 12.9. The fourth-order valence-corrected chi connectivity index (χ4v) is 1.92. The molecule has 6 heteroatoms. The molecule has 20 heavy (non-hydrogen) atoms. The van der Waals surface area contributed by atoms with E-state index in [1.165, 1.54) is 18.2 Å². The van der Waals surface area contributed by atoms with Crippen molar-refractivity contribution in [2.45, 2.75) is 25.9 Å². The van der Waals surface area contributed by atoms with E-state index in [0.717, 1.165) is 12.5 Å². The van der Waals surface area contributed by atoms with Crippen molar-refractivity contribution in [1.29, 1.82) is 0 Å². The van der Waals surface area contributed by atoms with E-state index in [1.807, 2.05) is 6.92 Å². The lowest BCUT2D eigenvalue weighted by Gasteiger charge is -2.18. The van der Waals surface area contributed by atoms with Crippen LogP contribution in [-0.4, -0.2) is 19.0 Å². The average molecular weight is 288 g/mol. The van der Waals surface area contributed by atoms with Gasteiger partial charge in [0.2, 0.25) is 5.91 Å².